The first-order valence-corrected chi connectivity index (χ1v) is 6.68. The van der Waals surface area contributed by atoms with Crippen molar-refractivity contribution in [2.24, 2.45) is 5.73 Å². The summed E-state index contributed by atoms with van der Waals surface area (Å²) in [6.45, 7) is 1.99. The maximum atomic E-state index is 13.4. The minimum Gasteiger partial charge on any atom is -0.496 e. The van der Waals surface area contributed by atoms with Gasteiger partial charge < -0.3 is 10.5 Å². The molecular formula is C15H15BrFNO. The molecule has 0 aliphatic rings. The molecule has 0 saturated carbocycles. The predicted molar refractivity (Wildman–Crippen MR) is 77.9 cm³/mol. The number of halogens is 2. The maximum absolute atomic E-state index is 13.4. The Balaban J connectivity index is 2.52. The molecule has 2 aromatic carbocycles. The Kier molecular flexibility index (Phi) is 4.22. The molecule has 0 heterocycles. The quantitative estimate of drug-likeness (QED) is 0.928. The molecule has 2 N–H and O–H groups in total. The molecule has 0 bridgehead atoms. The van der Waals surface area contributed by atoms with E-state index in [4.69, 9.17) is 10.5 Å². The van der Waals surface area contributed by atoms with E-state index in [1.807, 2.05) is 25.1 Å². The lowest BCUT2D eigenvalue weighted by Crippen LogP contribution is -2.14. The molecule has 2 aromatic rings. The summed E-state index contributed by atoms with van der Waals surface area (Å²) in [4.78, 5) is 0. The van der Waals surface area contributed by atoms with E-state index in [-0.39, 0.29) is 5.82 Å². The van der Waals surface area contributed by atoms with E-state index >= 15 is 0 Å². The van der Waals surface area contributed by atoms with Crippen LogP contribution in [-0.2, 0) is 0 Å². The van der Waals surface area contributed by atoms with Gasteiger partial charge in [-0.05, 0) is 36.2 Å². The van der Waals surface area contributed by atoms with Crippen LogP contribution in [0.25, 0.3) is 0 Å². The van der Waals surface area contributed by atoms with E-state index in [0.717, 1.165) is 15.6 Å². The molecule has 0 aromatic heterocycles. The van der Waals surface area contributed by atoms with Crippen molar-refractivity contribution in [2.75, 3.05) is 7.11 Å². The van der Waals surface area contributed by atoms with Gasteiger partial charge in [0.25, 0.3) is 0 Å². The largest absolute Gasteiger partial charge is 0.496 e. The zero-order valence-corrected chi connectivity index (χ0v) is 12.4. The summed E-state index contributed by atoms with van der Waals surface area (Å²) in [5, 5.41) is 0. The second-order valence-corrected chi connectivity index (χ2v) is 5.14. The van der Waals surface area contributed by atoms with Crippen molar-refractivity contribution >= 4 is 15.9 Å². The van der Waals surface area contributed by atoms with Gasteiger partial charge >= 0.3 is 0 Å². The van der Waals surface area contributed by atoms with Gasteiger partial charge in [0, 0.05) is 10.0 Å². The summed E-state index contributed by atoms with van der Waals surface area (Å²) in [6, 6.07) is 9.77. The smallest absolute Gasteiger partial charge is 0.124 e. The summed E-state index contributed by atoms with van der Waals surface area (Å²) in [6.07, 6.45) is 0. The molecule has 0 aliphatic heterocycles. The molecule has 4 heteroatoms. The topological polar surface area (TPSA) is 35.2 Å². The van der Waals surface area contributed by atoms with Crippen LogP contribution in [0.15, 0.2) is 40.9 Å². The maximum Gasteiger partial charge on any atom is 0.124 e. The van der Waals surface area contributed by atoms with Crippen molar-refractivity contribution in [3.05, 3.63) is 63.4 Å². The van der Waals surface area contributed by atoms with Gasteiger partial charge in [0.1, 0.15) is 11.6 Å². The highest BCUT2D eigenvalue weighted by atomic mass is 79.9. The number of hydrogen-bond acceptors (Lipinski definition) is 2. The summed E-state index contributed by atoms with van der Waals surface area (Å²) < 4.78 is 19.6. The Morgan fingerprint density at radius 2 is 1.95 bits per heavy atom. The standard InChI is InChI=1S/C15H15BrFNO/c1-9-4-3-5-11(14(9)16)15(18)12-8-10(17)6-7-13(12)19-2/h3-8,15H,18H2,1-2H3. The van der Waals surface area contributed by atoms with Gasteiger partial charge in [0.15, 0.2) is 0 Å². The van der Waals surface area contributed by atoms with Crippen molar-refractivity contribution in [1.82, 2.24) is 0 Å². The van der Waals surface area contributed by atoms with E-state index in [1.165, 1.54) is 12.1 Å². The van der Waals surface area contributed by atoms with Gasteiger partial charge in [-0.2, -0.15) is 0 Å². The molecular weight excluding hydrogens is 309 g/mol. The first-order valence-electron chi connectivity index (χ1n) is 5.88. The summed E-state index contributed by atoms with van der Waals surface area (Å²) in [5.41, 5.74) is 8.88. The van der Waals surface area contributed by atoms with Crippen molar-refractivity contribution < 1.29 is 9.13 Å². The van der Waals surface area contributed by atoms with Crippen LogP contribution in [0.1, 0.15) is 22.7 Å². The highest BCUT2D eigenvalue weighted by Gasteiger charge is 2.17. The second-order valence-electron chi connectivity index (χ2n) is 4.34. The molecule has 2 nitrogen and oxygen atoms in total. The fourth-order valence-electron chi connectivity index (χ4n) is 2.03. The Morgan fingerprint density at radius 1 is 1.21 bits per heavy atom. The number of aryl methyl sites for hydroxylation is 1. The van der Waals surface area contributed by atoms with Gasteiger partial charge in [0.2, 0.25) is 0 Å². The van der Waals surface area contributed by atoms with Crippen molar-refractivity contribution in [1.29, 1.82) is 0 Å². The predicted octanol–water partition coefficient (Wildman–Crippen LogP) is 3.95. The molecule has 1 atom stereocenters. The molecule has 1 unspecified atom stereocenters. The minimum absolute atomic E-state index is 0.324. The lowest BCUT2D eigenvalue weighted by molar-refractivity contribution is 0.406. The van der Waals surface area contributed by atoms with Crippen LogP contribution in [0.2, 0.25) is 0 Å². The summed E-state index contributed by atoms with van der Waals surface area (Å²) in [7, 11) is 1.55. The van der Waals surface area contributed by atoms with Crippen LogP contribution in [-0.4, -0.2) is 7.11 Å². The van der Waals surface area contributed by atoms with E-state index in [0.29, 0.717) is 11.3 Å². The highest BCUT2D eigenvalue weighted by Crippen LogP contribution is 2.33. The van der Waals surface area contributed by atoms with Gasteiger partial charge in [-0.25, -0.2) is 4.39 Å². The number of benzene rings is 2. The summed E-state index contributed by atoms with van der Waals surface area (Å²) in [5.74, 6) is 0.261. The van der Waals surface area contributed by atoms with Crippen LogP contribution >= 0.6 is 15.9 Å². The third-order valence-corrected chi connectivity index (χ3v) is 4.17. The lowest BCUT2D eigenvalue weighted by Gasteiger charge is -2.18. The molecule has 0 radical (unpaired) electrons. The fourth-order valence-corrected chi connectivity index (χ4v) is 2.54. The number of ether oxygens (including phenoxy) is 1. The molecule has 0 spiro atoms. The third kappa shape index (κ3) is 2.80. The monoisotopic (exact) mass is 323 g/mol. The number of rotatable bonds is 3. The second kappa shape index (κ2) is 5.72. The molecule has 100 valence electrons. The van der Waals surface area contributed by atoms with Crippen LogP contribution in [0.4, 0.5) is 4.39 Å². The highest BCUT2D eigenvalue weighted by molar-refractivity contribution is 9.10. The molecule has 0 aliphatic carbocycles. The van der Waals surface area contributed by atoms with E-state index in [9.17, 15) is 4.39 Å². The zero-order chi connectivity index (χ0) is 14.0. The molecule has 0 amide bonds. The Hall–Kier alpha value is -1.39. The van der Waals surface area contributed by atoms with Gasteiger partial charge in [-0.1, -0.05) is 34.1 Å². The number of nitrogens with two attached hydrogens (primary N) is 1. The Morgan fingerprint density at radius 3 is 2.63 bits per heavy atom. The molecule has 0 saturated heterocycles. The van der Waals surface area contributed by atoms with Crippen LogP contribution in [0.3, 0.4) is 0 Å². The normalized spacial score (nSPS) is 12.3. The van der Waals surface area contributed by atoms with Crippen LogP contribution in [0, 0.1) is 12.7 Å². The van der Waals surface area contributed by atoms with E-state index in [2.05, 4.69) is 15.9 Å². The van der Waals surface area contributed by atoms with Gasteiger partial charge in [-0.3, -0.25) is 0 Å². The minimum atomic E-state index is -0.445. The van der Waals surface area contributed by atoms with Crippen molar-refractivity contribution in [3.8, 4) is 5.75 Å². The third-order valence-electron chi connectivity index (χ3n) is 3.08. The van der Waals surface area contributed by atoms with Gasteiger partial charge in [-0.15, -0.1) is 0 Å². The Labute approximate surface area is 120 Å². The number of hydrogen-bond donors (Lipinski definition) is 1. The van der Waals surface area contributed by atoms with Crippen LogP contribution in [0.5, 0.6) is 5.75 Å². The van der Waals surface area contributed by atoms with E-state index < -0.39 is 6.04 Å². The van der Waals surface area contributed by atoms with E-state index in [1.54, 1.807) is 13.2 Å². The first kappa shape index (κ1) is 14.0. The van der Waals surface area contributed by atoms with Crippen molar-refractivity contribution in [3.63, 3.8) is 0 Å². The van der Waals surface area contributed by atoms with Crippen molar-refractivity contribution in [2.45, 2.75) is 13.0 Å². The number of methoxy groups -OCH3 is 1. The molecule has 2 rings (SSSR count). The SMILES string of the molecule is COc1ccc(F)cc1C(N)c1cccc(C)c1Br. The first-order chi connectivity index (χ1) is 9.04. The van der Waals surface area contributed by atoms with Gasteiger partial charge in [0.05, 0.1) is 13.2 Å². The zero-order valence-electron chi connectivity index (χ0n) is 10.8. The summed E-state index contributed by atoms with van der Waals surface area (Å²) >= 11 is 3.53. The fraction of sp³-hybridized carbons (Fsp3) is 0.200. The molecule has 19 heavy (non-hydrogen) atoms. The lowest BCUT2D eigenvalue weighted by atomic mass is 9.97. The molecule has 0 fully saturated rings. The average molecular weight is 324 g/mol. The Bertz CT molecular complexity index is 601. The van der Waals surface area contributed by atoms with Crippen LogP contribution < -0.4 is 10.5 Å². The average Bonchev–Trinajstić information content (AvgIpc) is 2.41.